The van der Waals surface area contributed by atoms with E-state index in [0.717, 1.165) is 51.4 Å². The average molecular weight is 232 g/mol. The molecule has 0 N–H and O–H groups in total. The maximum Gasteiger partial charge on any atom is 0.270 e. The SMILES string of the molecule is O=S(=O)(OC1CCCC1)C1CCCCC1. The van der Waals surface area contributed by atoms with Crippen LogP contribution in [0.4, 0.5) is 0 Å². The van der Waals surface area contributed by atoms with Crippen molar-refractivity contribution in [1.29, 1.82) is 0 Å². The van der Waals surface area contributed by atoms with Crippen molar-refractivity contribution in [2.45, 2.75) is 69.1 Å². The molecule has 2 saturated carbocycles. The van der Waals surface area contributed by atoms with Crippen molar-refractivity contribution < 1.29 is 12.6 Å². The molecule has 0 aromatic rings. The highest BCUT2D eigenvalue weighted by atomic mass is 32.2. The molecule has 0 aromatic heterocycles. The lowest BCUT2D eigenvalue weighted by atomic mass is 10.0. The third kappa shape index (κ3) is 2.94. The second-order valence-corrected chi connectivity index (χ2v) is 6.60. The van der Waals surface area contributed by atoms with Crippen LogP contribution in [-0.4, -0.2) is 19.8 Å². The zero-order chi connectivity index (χ0) is 10.7. The molecule has 2 aliphatic carbocycles. The highest BCUT2D eigenvalue weighted by Crippen LogP contribution is 2.29. The Morgan fingerprint density at radius 3 is 1.93 bits per heavy atom. The molecule has 15 heavy (non-hydrogen) atoms. The molecular formula is C11H20O3S. The van der Waals surface area contributed by atoms with Crippen LogP contribution in [0.3, 0.4) is 0 Å². The van der Waals surface area contributed by atoms with E-state index in [2.05, 4.69) is 0 Å². The Kier molecular flexibility index (Phi) is 3.67. The van der Waals surface area contributed by atoms with Gasteiger partial charge in [0.05, 0.1) is 11.4 Å². The van der Waals surface area contributed by atoms with E-state index >= 15 is 0 Å². The molecule has 0 saturated heterocycles. The van der Waals surface area contributed by atoms with Crippen molar-refractivity contribution >= 4 is 10.1 Å². The molecule has 0 unspecified atom stereocenters. The summed E-state index contributed by atoms with van der Waals surface area (Å²) >= 11 is 0. The first-order valence-electron chi connectivity index (χ1n) is 6.10. The molecular weight excluding hydrogens is 212 g/mol. The highest BCUT2D eigenvalue weighted by Gasteiger charge is 2.31. The van der Waals surface area contributed by atoms with Crippen LogP contribution in [0.25, 0.3) is 0 Å². The van der Waals surface area contributed by atoms with Crippen LogP contribution in [0, 0.1) is 0 Å². The van der Waals surface area contributed by atoms with Crippen LogP contribution < -0.4 is 0 Å². The summed E-state index contributed by atoms with van der Waals surface area (Å²) in [6, 6.07) is 0. The maximum absolute atomic E-state index is 11.9. The lowest BCUT2D eigenvalue weighted by molar-refractivity contribution is 0.210. The zero-order valence-electron chi connectivity index (χ0n) is 9.15. The van der Waals surface area contributed by atoms with Gasteiger partial charge in [0.2, 0.25) is 0 Å². The van der Waals surface area contributed by atoms with Crippen molar-refractivity contribution in [2.24, 2.45) is 0 Å². The lowest BCUT2D eigenvalue weighted by Crippen LogP contribution is -2.28. The van der Waals surface area contributed by atoms with E-state index in [1.807, 2.05) is 0 Å². The van der Waals surface area contributed by atoms with E-state index in [9.17, 15) is 8.42 Å². The lowest BCUT2D eigenvalue weighted by Gasteiger charge is -2.22. The molecule has 2 aliphatic rings. The second-order valence-electron chi connectivity index (χ2n) is 4.76. The van der Waals surface area contributed by atoms with Gasteiger partial charge in [0.1, 0.15) is 0 Å². The Balaban J connectivity index is 1.92. The van der Waals surface area contributed by atoms with E-state index in [1.165, 1.54) is 6.42 Å². The third-order valence-corrected chi connectivity index (χ3v) is 5.36. The van der Waals surface area contributed by atoms with E-state index in [-0.39, 0.29) is 11.4 Å². The van der Waals surface area contributed by atoms with Gasteiger partial charge in [-0.2, -0.15) is 8.42 Å². The molecule has 3 nitrogen and oxygen atoms in total. The van der Waals surface area contributed by atoms with Gasteiger partial charge in [-0.1, -0.05) is 32.1 Å². The molecule has 0 heterocycles. The van der Waals surface area contributed by atoms with Gasteiger partial charge in [0.15, 0.2) is 0 Å². The normalized spacial score (nSPS) is 25.9. The van der Waals surface area contributed by atoms with Crippen molar-refractivity contribution in [3.63, 3.8) is 0 Å². The molecule has 4 heteroatoms. The van der Waals surface area contributed by atoms with Crippen LogP contribution in [0.2, 0.25) is 0 Å². The molecule has 88 valence electrons. The van der Waals surface area contributed by atoms with E-state index in [1.54, 1.807) is 0 Å². The van der Waals surface area contributed by atoms with Crippen LogP contribution in [-0.2, 0) is 14.3 Å². The highest BCUT2D eigenvalue weighted by molar-refractivity contribution is 7.87. The Morgan fingerprint density at radius 1 is 0.800 bits per heavy atom. The summed E-state index contributed by atoms with van der Waals surface area (Å²) in [4.78, 5) is 0. The van der Waals surface area contributed by atoms with E-state index in [0.29, 0.717) is 0 Å². The van der Waals surface area contributed by atoms with Crippen LogP contribution >= 0.6 is 0 Å². The molecule has 2 rings (SSSR count). The summed E-state index contributed by atoms with van der Waals surface area (Å²) < 4.78 is 29.1. The Morgan fingerprint density at radius 2 is 1.33 bits per heavy atom. The monoisotopic (exact) mass is 232 g/mol. The first kappa shape index (κ1) is 11.4. The molecule has 0 aromatic carbocycles. The summed E-state index contributed by atoms with van der Waals surface area (Å²) in [6.45, 7) is 0. The number of hydrogen-bond donors (Lipinski definition) is 0. The summed E-state index contributed by atoms with van der Waals surface area (Å²) in [5.41, 5.74) is 0. The van der Waals surface area contributed by atoms with Crippen molar-refractivity contribution in [3.05, 3.63) is 0 Å². The minimum Gasteiger partial charge on any atom is -0.267 e. The average Bonchev–Trinajstić information content (AvgIpc) is 2.71. The van der Waals surface area contributed by atoms with E-state index < -0.39 is 10.1 Å². The van der Waals surface area contributed by atoms with Gasteiger partial charge < -0.3 is 0 Å². The molecule has 0 amide bonds. The summed E-state index contributed by atoms with van der Waals surface area (Å²) in [5, 5.41) is -0.216. The summed E-state index contributed by atoms with van der Waals surface area (Å²) in [6.07, 6.45) is 8.92. The fourth-order valence-corrected chi connectivity index (χ4v) is 4.25. The minimum atomic E-state index is -3.27. The number of rotatable bonds is 3. The molecule has 0 spiro atoms. The van der Waals surface area contributed by atoms with Gasteiger partial charge in [-0.3, -0.25) is 4.18 Å². The largest absolute Gasteiger partial charge is 0.270 e. The molecule has 0 bridgehead atoms. The van der Waals surface area contributed by atoms with Gasteiger partial charge in [-0.25, -0.2) is 0 Å². The van der Waals surface area contributed by atoms with Crippen molar-refractivity contribution in [3.8, 4) is 0 Å². The molecule has 0 radical (unpaired) electrons. The standard InChI is InChI=1S/C11H20O3S/c12-15(13,11-8-2-1-3-9-11)14-10-6-4-5-7-10/h10-11H,1-9H2. The fourth-order valence-electron chi connectivity index (χ4n) is 2.61. The smallest absolute Gasteiger partial charge is 0.267 e. The molecule has 2 fully saturated rings. The number of hydrogen-bond acceptors (Lipinski definition) is 3. The predicted octanol–water partition coefficient (Wildman–Crippen LogP) is 2.61. The van der Waals surface area contributed by atoms with Gasteiger partial charge in [0, 0.05) is 0 Å². The second kappa shape index (κ2) is 4.83. The van der Waals surface area contributed by atoms with Crippen LogP contribution in [0.15, 0.2) is 0 Å². The van der Waals surface area contributed by atoms with Gasteiger partial charge >= 0.3 is 0 Å². The fraction of sp³-hybridized carbons (Fsp3) is 1.00. The van der Waals surface area contributed by atoms with E-state index in [4.69, 9.17) is 4.18 Å². The van der Waals surface area contributed by atoms with Gasteiger partial charge in [-0.15, -0.1) is 0 Å². The third-order valence-electron chi connectivity index (χ3n) is 3.53. The first-order chi connectivity index (χ1) is 7.18. The summed E-state index contributed by atoms with van der Waals surface area (Å²) in [5.74, 6) is 0. The van der Waals surface area contributed by atoms with Gasteiger partial charge in [-0.05, 0) is 25.7 Å². The quantitative estimate of drug-likeness (QED) is 0.702. The Hall–Kier alpha value is -0.0900. The molecule has 0 atom stereocenters. The van der Waals surface area contributed by atoms with Gasteiger partial charge in [0.25, 0.3) is 10.1 Å². The maximum atomic E-state index is 11.9. The molecule has 0 aliphatic heterocycles. The predicted molar refractivity (Wildman–Crippen MR) is 59.1 cm³/mol. The van der Waals surface area contributed by atoms with Crippen molar-refractivity contribution in [1.82, 2.24) is 0 Å². The topological polar surface area (TPSA) is 43.4 Å². The first-order valence-corrected chi connectivity index (χ1v) is 7.58. The Bertz CT molecular complexity index is 285. The Labute approximate surface area is 92.3 Å². The van der Waals surface area contributed by atoms with Crippen LogP contribution in [0.5, 0.6) is 0 Å². The van der Waals surface area contributed by atoms with Crippen molar-refractivity contribution in [2.75, 3.05) is 0 Å². The minimum absolute atomic E-state index is 0.0167. The zero-order valence-corrected chi connectivity index (χ0v) is 9.97. The van der Waals surface area contributed by atoms with Crippen LogP contribution in [0.1, 0.15) is 57.8 Å². The summed E-state index contributed by atoms with van der Waals surface area (Å²) in [7, 11) is -3.27.